The molecule has 0 aromatic rings. The molecular formula is C17H32Sn. The van der Waals surface area contributed by atoms with Crippen molar-refractivity contribution >= 4 is 18.4 Å². The summed E-state index contributed by atoms with van der Waals surface area (Å²) in [6.45, 7) is 12.9. The molecule has 0 N–H and O–H groups in total. The van der Waals surface area contributed by atoms with Gasteiger partial charge in [0.05, 0.1) is 0 Å². The average Bonchev–Trinajstić information content (AvgIpc) is 2.37. The third-order valence-electron chi connectivity index (χ3n) is 3.57. The van der Waals surface area contributed by atoms with Crippen molar-refractivity contribution in [2.75, 3.05) is 0 Å². The molecule has 104 valence electrons. The summed E-state index contributed by atoms with van der Waals surface area (Å²) in [6, 6.07) is 0. The maximum absolute atomic E-state index is 3.96. The summed E-state index contributed by atoms with van der Waals surface area (Å²) in [5, 5.41) is 0. The predicted molar refractivity (Wildman–Crippen MR) is 87.5 cm³/mol. The van der Waals surface area contributed by atoms with Gasteiger partial charge in [-0.3, -0.25) is 0 Å². The van der Waals surface area contributed by atoms with Gasteiger partial charge in [-0.2, -0.15) is 0 Å². The third kappa shape index (κ3) is 8.24. The van der Waals surface area contributed by atoms with E-state index in [1.165, 1.54) is 51.8 Å². The van der Waals surface area contributed by atoms with Crippen LogP contribution >= 0.6 is 0 Å². The Bertz CT molecular complexity index is 258. The van der Waals surface area contributed by atoms with Crippen LogP contribution in [0.5, 0.6) is 0 Å². The van der Waals surface area contributed by atoms with E-state index in [2.05, 4.69) is 37.2 Å². The fraction of sp³-hybridized carbons (Fsp3) is 0.765. The van der Waals surface area contributed by atoms with E-state index in [9.17, 15) is 0 Å². The molecule has 0 fully saturated rings. The summed E-state index contributed by atoms with van der Waals surface area (Å²) in [6.07, 6.45) is 8.17. The van der Waals surface area contributed by atoms with Gasteiger partial charge in [0, 0.05) is 0 Å². The zero-order chi connectivity index (χ0) is 13.9. The first-order valence-electron chi connectivity index (χ1n) is 7.79. The summed E-state index contributed by atoms with van der Waals surface area (Å²) in [5.41, 5.74) is 1.06. The molecule has 0 aliphatic heterocycles. The number of unbranched alkanes of at least 4 members (excludes halogenated alkanes) is 3. The summed E-state index contributed by atoms with van der Waals surface area (Å²) in [7, 11) is 0. The van der Waals surface area contributed by atoms with E-state index in [0.29, 0.717) is 0 Å². The molecule has 0 saturated carbocycles. The minimum absolute atomic E-state index is 1.06. The average molecular weight is 355 g/mol. The Kier molecular flexibility index (Phi) is 11.0. The van der Waals surface area contributed by atoms with Crippen LogP contribution in [-0.2, 0) is 0 Å². The SMILES string of the molecule is C=C(C)C#[C][Sn]([CH2]CCC)([CH2]CCC)[CH2]CCC. The van der Waals surface area contributed by atoms with Gasteiger partial charge < -0.3 is 0 Å². The molecule has 0 unspecified atom stereocenters. The van der Waals surface area contributed by atoms with Gasteiger partial charge in [-0.05, 0) is 0 Å². The van der Waals surface area contributed by atoms with Gasteiger partial charge in [0.25, 0.3) is 0 Å². The fourth-order valence-corrected chi connectivity index (χ4v) is 15.7. The van der Waals surface area contributed by atoms with Crippen LogP contribution < -0.4 is 0 Å². The topological polar surface area (TPSA) is 0 Å². The van der Waals surface area contributed by atoms with Crippen molar-refractivity contribution < 1.29 is 0 Å². The summed E-state index contributed by atoms with van der Waals surface area (Å²) >= 11 is -2.17. The van der Waals surface area contributed by atoms with Crippen LogP contribution in [0.25, 0.3) is 0 Å². The van der Waals surface area contributed by atoms with E-state index < -0.39 is 18.4 Å². The predicted octanol–water partition coefficient (Wildman–Crippen LogP) is 5.95. The van der Waals surface area contributed by atoms with Crippen LogP contribution in [0.1, 0.15) is 66.2 Å². The zero-order valence-corrected chi connectivity index (χ0v) is 15.9. The first kappa shape index (κ1) is 18.1. The molecule has 0 bridgehead atoms. The van der Waals surface area contributed by atoms with E-state index in [1.54, 1.807) is 0 Å². The molecule has 0 aromatic heterocycles. The Labute approximate surface area is 120 Å². The summed E-state index contributed by atoms with van der Waals surface area (Å²) in [4.78, 5) is 0. The summed E-state index contributed by atoms with van der Waals surface area (Å²) < 4.78 is 8.23. The van der Waals surface area contributed by atoms with E-state index in [4.69, 9.17) is 0 Å². The zero-order valence-electron chi connectivity index (χ0n) is 13.1. The molecule has 0 heterocycles. The second-order valence-corrected chi connectivity index (χ2v) is 17.9. The molecule has 0 radical (unpaired) electrons. The third-order valence-corrected chi connectivity index (χ3v) is 16.7. The molecule has 0 rings (SSSR count). The van der Waals surface area contributed by atoms with Crippen molar-refractivity contribution in [3.8, 4) is 9.86 Å². The van der Waals surface area contributed by atoms with Gasteiger partial charge in [-0.15, -0.1) is 0 Å². The van der Waals surface area contributed by atoms with Gasteiger partial charge >= 0.3 is 120 Å². The quantitative estimate of drug-likeness (QED) is 0.354. The number of hydrogen-bond donors (Lipinski definition) is 0. The van der Waals surface area contributed by atoms with Crippen molar-refractivity contribution in [3.05, 3.63) is 12.2 Å². The van der Waals surface area contributed by atoms with Gasteiger partial charge in [-0.25, -0.2) is 0 Å². The van der Waals surface area contributed by atoms with E-state index in [1.807, 2.05) is 6.92 Å². The van der Waals surface area contributed by atoms with Crippen molar-refractivity contribution in [2.24, 2.45) is 0 Å². The Morgan fingerprint density at radius 1 is 0.889 bits per heavy atom. The number of allylic oxidation sites excluding steroid dienone is 1. The van der Waals surface area contributed by atoms with Crippen molar-refractivity contribution in [1.29, 1.82) is 0 Å². The molecule has 0 aromatic carbocycles. The van der Waals surface area contributed by atoms with Crippen molar-refractivity contribution in [3.63, 3.8) is 0 Å². The van der Waals surface area contributed by atoms with Crippen LogP contribution in [0.15, 0.2) is 12.2 Å². The monoisotopic (exact) mass is 356 g/mol. The molecule has 0 nitrogen and oxygen atoms in total. The first-order valence-corrected chi connectivity index (χ1v) is 15.3. The van der Waals surface area contributed by atoms with Crippen molar-refractivity contribution in [1.82, 2.24) is 0 Å². The van der Waals surface area contributed by atoms with Crippen LogP contribution in [-0.4, -0.2) is 18.4 Å². The molecule has 0 spiro atoms. The second-order valence-electron chi connectivity index (χ2n) is 5.62. The Morgan fingerprint density at radius 3 is 1.56 bits per heavy atom. The molecule has 0 amide bonds. The maximum atomic E-state index is 3.96. The molecule has 0 atom stereocenters. The molecule has 1 heteroatoms. The van der Waals surface area contributed by atoms with Gasteiger partial charge in [0.1, 0.15) is 0 Å². The Balaban J connectivity index is 4.86. The number of hydrogen-bond acceptors (Lipinski definition) is 0. The standard InChI is InChI=1S/C5H5.3C4H9.Sn/c1-4-5(2)3;3*1-3-4-2;/h2H2,3H3;3*1,3-4H2,2H3;. The summed E-state index contributed by atoms with van der Waals surface area (Å²) in [5.74, 6) is 3.36. The van der Waals surface area contributed by atoms with Crippen LogP contribution in [0, 0.1) is 9.86 Å². The Hall–Kier alpha value is 0.0987. The Morgan fingerprint density at radius 2 is 1.28 bits per heavy atom. The molecular weight excluding hydrogens is 323 g/mol. The van der Waals surface area contributed by atoms with E-state index in [-0.39, 0.29) is 0 Å². The first-order chi connectivity index (χ1) is 8.60. The fourth-order valence-electron chi connectivity index (χ4n) is 2.35. The molecule has 0 aliphatic rings. The minimum atomic E-state index is -2.17. The van der Waals surface area contributed by atoms with Crippen LogP contribution in [0.4, 0.5) is 0 Å². The molecule has 18 heavy (non-hydrogen) atoms. The second kappa shape index (κ2) is 11.0. The molecule has 0 aliphatic carbocycles. The van der Waals surface area contributed by atoms with Gasteiger partial charge in [-0.1, -0.05) is 0 Å². The van der Waals surface area contributed by atoms with E-state index in [0.717, 1.165) is 5.57 Å². The van der Waals surface area contributed by atoms with Crippen molar-refractivity contribution in [2.45, 2.75) is 79.5 Å². The van der Waals surface area contributed by atoms with Gasteiger partial charge in [0.15, 0.2) is 0 Å². The van der Waals surface area contributed by atoms with E-state index >= 15 is 0 Å². The van der Waals surface area contributed by atoms with Gasteiger partial charge in [0.2, 0.25) is 0 Å². The number of rotatable bonds is 9. The van der Waals surface area contributed by atoms with Crippen LogP contribution in [0.2, 0.25) is 13.3 Å². The molecule has 0 saturated heterocycles. The van der Waals surface area contributed by atoms with Crippen LogP contribution in [0.3, 0.4) is 0 Å². The normalized spacial score (nSPS) is 10.9.